The molecule has 212 valence electrons. The third kappa shape index (κ3) is 3.08. The zero-order chi connectivity index (χ0) is 29.9. The lowest BCUT2D eigenvalue weighted by atomic mass is 9.43. The molecule has 0 atom stereocenters. The van der Waals surface area contributed by atoms with Gasteiger partial charge in [-0.1, -0.05) is 103 Å². The van der Waals surface area contributed by atoms with Gasteiger partial charge in [0.1, 0.15) is 11.2 Å². The standard InChI is InChI=1S/C42H25BN2O/c1-2-12-26(13-3-1)44-38-23-32-28-15-5-9-19-36(28)43-35-18-8-4-14-27(35)29-16-6-10-20-37(29)45(43)40(32)24-33(38)31-22-34-30-17-7-11-21-41(30)46-42(34)25-39(31)44/h1-25H. The number of para-hydroxylation sites is 3. The summed E-state index contributed by atoms with van der Waals surface area (Å²) in [7, 11) is 0. The molecule has 0 saturated carbocycles. The summed E-state index contributed by atoms with van der Waals surface area (Å²) in [6.45, 7) is 0.0826. The first-order valence-corrected chi connectivity index (χ1v) is 15.9. The molecular weight excluding hydrogens is 559 g/mol. The van der Waals surface area contributed by atoms with Gasteiger partial charge < -0.3 is 13.8 Å². The fraction of sp³-hybridized carbons (Fsp3) is 0. The van der Waals surface area contributed by atoms with Crippen molar-refractivity contribution in [1.82, 2.24) is 4.57 Å². The van der Waals surface area contributed by atoms with Gasteiger partial charge in [0.05, 0.1) is 11.0 Å². The Balaban J connectivity index is 1.30. The van der Waals surface area contributed by atoms with Crippen molar-refractivity contribution in [3.8, 4) is 27.9 Å². The molecule has 9 aromatic rings. The monoisotopic (exact) mass is 584 g/mol. The van der Waals surface area contributed by atoms with E-state index in [1.807, 2.05) is 6.07 Å². The van der Waals surface area contributed by atoms with Gasteiger partial charge in [-0.05, 0) is 64.5 Å². The molecular formula is C42H25BN2O. The average molecular weight is 584 g/mol. The maximum Gasteiger partial charge on any atom is 0.329 e. The van der Waals surface area contributed by atoms with E-state index in [9.17, 15) is 0 Å². The summed E-state index contributed by atoms with van der Waals surface area (Å²) in [5, 5.41) is 4.75. The Kier molecular flexibility index (Phi) is 4.66. The molecule has 0 unspecified atom stereocenters. The van der Waals surface area contributed by atoms with Gasteiger partial charge in [-0.15, -0.1) is 0 Å². The summed E-state index contributed by atoms with van der Waals surface area (Å²) < 4.78 is 8.82. The van der Waals surface area contributed by atoms with Gasteiger partial charge in [-0.25, -0.2) is 0 Å². The van der Waals surface area contributed by atoms with Gasteiger partial charge in [0, 0.05) is 55.8 Å². The number of benzene rings is 7. The van der Waals surface area contributed by atoms with Crippen molar-refractivity contribution in [2.45, 2.75) is 0 Å². The number of fused-ring (bicyclic) bond motifs is 17. The Hall–Kier alpha value is -6.00. The molecule has 4 heterocycles. The van der Waals surface area contributed by atoms with E-state index in [1.165, 1.54) is 60.8 Å². The van der Waals surface area contributed by atoms with Crippen LogP contribution in [0.1, 0.15) is 0 Å². The molecule has 2 aliphatic rings. The fourth-order valence-corrected chi connectivity index (χ4v) is 8.27. The summed E-state index contributed by atoms with van der Waals surface area (Å²) in [4.78, 5) is 2.59. The normalized spacial score (nSPS) is 13.1. The number of furan rings is 1. The molecule has 3 nitrogen and oxygen atoms in total. The molecule has 0 amide bonds. The van der Waals surface area contributed by atoms with Crippen molar-refractivity contribution < 1.29 is 4.42 Å². The Morgan fingerprint density at radius 2 is 1.04 bits per heavy atom. The zero-order valence-corrected chi connectivity index (χ0v) is 24.8. The summed E-state index contributed by atoms with van der Waals surface area (Å²) in [6.07, 6.45) is 0. The van der Waals surface area contributed by atoms with E-state index in [0.29, 0.717) is 0 Å². The van der Waals surface area contributed by atoms with Crippen LogP contribution in [0.5, 0.6) is 0 Å². The van der Waals surface area contributed by atoms with Crippen LogP contribution in [0.25, 0.3) is 71.7 Å². The van der Waals surface area contributed by atoms with E-state index in [0.717, 1.165) is 33.1 Å². The van der Waals surface area contributed by atoms with Crippen molar-refractivity contribution in [3.05, 3.63) is 152 Å². The average Bonchev–Trinajstić information content (AvgIpc) is 3.64. The molecule has 0 bridgehead atoms. The lowest BCUT2D eigenvalue weighted by Gasteiger charge is -2.43. The molecule has 2 aromatic heterocycles. The number of anilines is 2. The molecule has 0 aliphatic carbocycles. The molecule has 0 saturated heterocycles. The van der Waals surface area contributed by atoms with Gasteiger partial charge in [-0.3, -0.25) is 0 Å². The van der Waals surface area contributed by atoms with Gasteiger partial charge in [0.2, 0.25) is 0 Å². The SMILES string of the molecule is c1ccc(-n2c3cc4c(cc3c3cc5c(cc32)oc2ccccc25)N2B(c3ccccc3-c3ccccc32)c2ccccc2-4)cc1. The van der Waals surface area contributed by atoms with Gasteiger partial charge >= 0.3 is 6.85 Å². The largest absolute Gasteiger partial charge is 0.456 e. The Bertz CT molecular complexity index is 2720. The minimum Gasteiger partial charge on any atom is -0.456 e. The summed E-state index contributed by atoms with van der Waals surface area (Å²) in [6, 6.07) is 55.3. The Morgan fingerprint density at radius 3 is 1.87 bits per heavy atom. The van der Waals surface area contributed by atoms with Crippen molar-refractivity contribution in [2.75, 3.05) is 4.81 Å². The Labute approximate surface area is 265 Å². The minimum absolute atomic E-state index is 0.0826. The van der Waals surface area contributed by atoms with Crippen molar-refractivity contribution in [2.24, 2.45) is 0 Å². The molecule has 2 aliphatic heterocycles. The minimum atomic E-state index is 0.0826. The highest BCUT2D eigenvalue weighted by Crippen LogP contribution is 2.49. The molecule has 11 rings (SSSR count). The number of hydrogen-bond donors (Lipinski definition) is 0. The van der Waals surface area contributed by atoms with E-state index in [4.69, 9.17) is 4.42 Å². The van der Waals surface area contributed by atoms with Crippen molar-refractivity contribution >= 4 is 72.9 Å². The first-order valence-electron chi connectivity index (χ1n) is 15.9. The summed E-state index contributed by atoms with van der Waals surface area (Å²) in [5.41, 5.74) is 15.6. The van der Waals surface area contributed by atoms with Crippen LogP contribution in [-0.2, 0) is 0 Å². The molecule has 0 radical (unpaired) electrons. The van der Waals surface area contributed by atoms with Crippen LogP contribution in [0.3, 0.4) is 0 Å². The zero-order valence-electron chi connectivity index (χ0n) is 24.8. The van der Waals surface area contributed by atoms with Crippen LogP contribution in [0, 0.1) is 0 Å². The van der Waals surface area contributed by atoms with Crippen LogP contribution in [0.4, 0.5) is 11.4 Å². The lowest BCUT2D eigenvalue weighted by Crippen LogP contribution is -2.59. The number of rotatable bonds is 1. The topological polar surface area (TPSA) is 21.3 Å². The number of hydrogen-bond acceptors (Lipinski definition) is 2. The lowest BCUT2D eigenvalue weighted by molar-refractivity contribution is 0.669. The van der Waals surface area contributed by atoms with Gasteiger partial charge in [0.15, 0.2) is 0 Å². The molecule has 46 heavy (non-hydrogen) atoms. The predicted molar refractivity (Wildman–Crippen MR) is 193 cm³/mol. The smallest absolute Gasteiger partial charge is 0.329 e. The van der Waals surface area contributed by atoms with E-state index in [2.05, 4.69) is 155 Å². The van der Waals surface area contributed by atoms with Gasteiger partial charge in [-0.2, -0.15) is 0 Å². The fourth-order valence-electron chi connectivity index (χ4n) is 8.27. The van der Waals surface area contributed by atoms with Gasteiger partial charge in [0.25, 0.3) is 0 Å². The van der Waals surface area contributed by atoms with Crippen LogP contribution in [0.15, 0.2) is 156 Å². The maximum atomic E-state index is 6.42. The van der Waals surface area contributed by atoms with Crippen molar-refractivity contribution in [3.63, 3.8) is 0 Å². The van der Waals surface area contributed by atoms with Crippen LogP contribution < -0.4 is 15.7 Å². The highest BCUT2D eigenvalue weighted by atomic mass is 16.3. The Morgan fingerprint density at radius 1 is 0.413 bits per heavy atom. The van der Waals surface area contributed by atoms with Crippen LogP contribution >= 0.6 is 0 Å². The first-order chi connectivity index (χ1) is 22.8. The number of aromatic nitrogens is 1. The maximum absolute atomic E-state index is 6.42. The predicted octanol–water partition coefficient (Wildman–Crippen LogP) is 9.59. The molecule has 0 fully saturated rings. The van der Waals surface area contributed by atoms with Crippen LogP contribution in [-0.4, -0.2) is 11.4 Å². The van der Waals surface area contributed by atoms with E-state index >= 15 is 0 Å². The molecule has 0 spiro atoms. The third-order valence-electron chi connectivity index (χ3n) is 10.2. The van der Waals surface area contributed by atoms with Crippen molar-refractivity contribution in [1.29, 1.82) is 0 Å². The second-order valence-corrected chi connectivity index (χ2v) is 12.5. The quantitative estimate of drug-likeness (QED) is 0.179. The van der Waals surface area contributed by atoms with Crippen LogP contribution in [0.2, 0.25) is 0 Å². The number of nitrogens with zero attached hydrogens (tertiary/aromatic N) is 2. The third-order valence-corrected chi connectivity index (χ3v) is 10.2. The second kappa shape index (κ2) is 8.80. The highest BCUT2D eigenvalue weighted by molar-refractivity contribution is 6.92. The molecule has 4 heteroatoms. The summed E-state index contributed by atoms with van der Waals surface area (Å²) >= 11 is 0. The molecule has 7 aromatic carbocycles. The van der Waals surface area contributed by atoms with E-state index < -0.39 is 0 Å². The van der Waals surface area contributed by atoms with E-state index in [1.54, 1.807) is 0 Å². The molecule has 0 N–H and O–H groups in total. The summed E-state index contributed by atoms with van der Waals surface area (Å²) in [5.74, 6) is 0. The first kappa shape index (κ1) is 24.3. The highest BCUT2D eigenvalue weighted by Gasteiger charge is 2.42. The van der Waals surface area contributed by atoms with E-state index in [-0.39, 0.29) is 6.85 Å². The second-order valence-electron chi connectivity index (χ2n) is 12.5.